The predicted octanol–water partition coefficient (Wildman–Crippen LogP) is 3.47. The van der Waals surface area contributed by atoms with E-state index >= 15 is 0 Å². The van der Waals surface area contributed by atoms with Gasteiger partial charge in [0.2, 0.25) is 0 Å². The Kier molecular flexibility index (Phi) is 5.68. The van der Waals surface area contributed by atoms with Crippen molar-refractivity contribution < 1.29 is 9.90 Å². The van der Waals surface area contributed by atoms with E-state index in [2.05, 4.69) is 5.32 Å². The Labute approximate surface area is 129 Å². The molecule has 1 aromatic rings. The Morgan fingerprint density at radius 2 is 2.05 bits per heavy atom. The number of amides is 2. The maximum absolute atomic E-state index is 12.0. The third-order valence-corrected chi connectivity index (χ3v) is 3.30. The minimum atomic E-state index is -0.937. The summed E-state index contributed by atoms with van der Waals surface area (Å²) in [7, 11) is 1.63. The molecule has 1 aromatic carbocycles. The van der Waals surface area contributed by atoms with Crippen LogP contribution in [0.15, 0.2) is 18.2 Å². The number of nitrogens with one attached hydrogen (secondary N) is 1. The summed E-state index contributed by atoms with van der Waals surface area (Å²) < 4.78 is 0. The maximum atomic E-state index is 12.0. The Bertz CT molecular complexity index is 487. The van der Waals surface area contributed by atoms with Crippen LogP contribution < -0.4 is 5.32 Å². The minimum absolute atomic E-state index is 0.236. The number of hydrogen-bond acceptors (Lipinski definition) is 2. The number of nitrogens with zero attached hydrogens (tertiary/aromatic N) is 1. The molecule has 4 nitrogen and oxygen atoms in total. The first kappa shape index (κ1) is 17.1. The molecule has 0 saturated carbocycles. The largest absolute Gasteiger partial charge is 0.389 e. The van der Waals surface area contributed by atoms with E-state index in [-0.39, 0.29) is 18.6 Å². The molecule has 0 aliphatic carbocycles. The summed E-state index contributed by atoms with van der Waals surface area (Å²) in [6.45, 7) is 5.37. The first-order chi connectivity index (χ1) is 9.10. The summed E-state index contributed by atoms with van der Waals surface area (Å²) >= 11 is 11.9. The van der Waals surface area contributed by atoms with E-state index in [1.165, 1.54) is 4.90 Å². The summed E-state index contributed by atoms with van der Waals surface area (Å²) in [4.78, 5) is 13.4. The number of urea groups is 1. The Hall–Kier alpha value is -0.970. The third-order valence-electron chi connectivity index (χ3n) is 2.74. The van der Waals surface area contributed by atoms with E-state index in [1.807, 2.05) is 6.92 Å². The van der Waals surface area contributed by atoms with E-state index < -0.39 is 5.60 Å². The number of aliphatic hydroxyl groups is 1. The first-order valence-corrected chi connectivity index (χ1v) is 7.04. The Balaban J connectivity index is 2.70. The van der Waals surface area contributed by atoms with Crippen LogP contribution in [-0.4, -0.2) is 35.2 Å². The molecule has 2 N–H and O–H groups in total. The summed E-state index contributed by atoms with van der Waals surface area (Å²) in [5.74, 6) is 0. The van der Waals surface area contributed by atoms with Gasteiger partial charge in [-0.25, -0.2) is 4.79 Å². The van der Waals surface area contributed by atoms with Crippen molar-refractivity contribution in [2.75, 3.05) is 13.6 Å². The molecule has 0 heterocycles. The Morgan fingerprint density at radius 1 is 1.45 bits per heavy atom. The van der Waals surface area contributed by atoms with Gasteiger partial charge in [-0.15, -0.1) is 0 Å². The van der Waals surface area contributed by atoms with Gasteiger partial charge in [0.1, 0.15) is 0 Å². The van der Waals surface area contributed by atoms with Crippen molar-refractivity contribution in [3.63, 3.8) is 0 Å². The monoisotopic (exact) mass is 318 g/mol. The molecule has 1 unspecified atom stereocenters. The van der Waals surface area contributed by atoms with Crippen LogP contribution in [0.3, 0.4) is 0 Å². The quantitative estimate of drug-likeness (QED) is 0.893. The van der Waals surface area contributed by atoms with Gasteiger partial charge in [0.05, 0.1) is 18.2 Å². The van der Waals surface area contributed by atoms with Crippen LogP contribution >= 0.6 is 23.2 Å². The summed E-state index contributed by atoms with van der Waals surface area (Å²) in [5.41, 5.74) is -0.145. The normalized spacial score (nSPS) is 12.9. The minimum Gasteiger partial charge on any atom is -0.389 e. The average molecular weight is 319 g/mol. The molecule has 0 spiro atoms. The third kappa shape index (κ3) is 5.19. The zero-order valence-electron chi connectivity index (χ0n) is 12.1. The van der Waals surface area contributed by atoms with Crippen LogP contribution in [0.5, 0.6) is 0 Å². The van der Waals surface area contributed by atoms with Crippen molar-refractivity contribution in [2.45, 2.75) is 32.4 Å². The molecule has 0 radical (unpaired) electrons. The zero-order valence-corrected chi connectivity index (χ0v) is 13.6. The average Bonchev–Trinajstić information content (AvgIpc) is 2.26. The second kappa shape index (κ2) is 6.66. The van der Waals surface area contributed by atoms with Crippen LogP contribution in [0.4, 0.5) is 4.79 Å². The lowest BCUT2D eigenvalue weighted by Gasteiger charge is -2.27. The van der Waals surface area contributed by atoms with Gasteiger partial charge in [-0.3, -0.25) is 0 Å². The number of likely N-dealkylation sites (N-methyl/N-ethyl adjacent to an activating group) is 1. The number of carbonyl (C=O) groups excluding carboxylic acids is 1. The van der Waals surface area contributed by atoms with E-state index in [1.54, 1.807) is 39.1 Å². The fraction of sp³-hybridized carbons (Fsp3) is 0.500. The summed E-state index contributed by atoms with van der Waals surface area (Å²) in [6.07, 6.45) is 0. The highest BCUT2D eigenvalue weighted by atomic mass is 35.5. The molecular formula is C14H20Cl2N2O2. The number of rotatable bonds is 4. The van der Waals surface area contributed by atoms with Crippen molar-refractivity contribution in [2.24, 2.45) is 0 Å². The van der Waals surface area contributed by atoms with Crippen LogP contribution in [0.2, 0.25) is 10.0 Å². The van der Waals surface area contributed by atoms with Gasteiger partial charge >= 0.3 is 6.03 Å². The summed E-state index contributed by atoms with van der Waals surface area (Å²) in [5, 5.41) is 13.6. The molecule has 1 rings (SSSR count). The van der Waals surface area contributed by atoms with E-state index in [9.17, 15) is 9.90 Å². The first-order valence-electron chi connectivity index (χ1n) is 6.29. The van der Waals surface area contributed by atoms with Crippen molar-refractivity contribution in [3.8, 4) is 0 Å². The fourth-order valence-electron chi connectivity index (χ4n) is 1.88. The van der Waals surface area contributed by atoms with Crippen molar-refractivity contribution in [1.82, 2.24) is 10.2 Å². The molecule has 112 valence electrons. The smallest absolute Gasteiger partial charge is 0.317 e. The fourth-order valence-corrected chi connectivity index (χ4v) is 2.45. The lowest BCUT2D eigenvalue weighted by molar-refractivity contribution is 0.0528. The number of benzene rings is 1. The second-order valence-corrected chi connectivity index (χ2v) is 6.35. The molecule has 0 bridgehead atoms. The lowest BCUT2D eigenvalue weighted by atomic mass is 10.1. The molecule has 0 fully saturated rings. The van der Waals surface area contributed by atoms with Gasteiger partial charge in [-0.05, 0) is 38.5 Å². The van der Waals surface area contributed by atoms with Gasteiger partial charge in [0.25, 0.3) is 0 Å². The lowest BCUT2D eigenvalue weighted by Crippen LogP contribution is -2.45. The van der Waals surface area contributed by atoms with Crippen LogP contribution in [0, 0.1) is 0 Å². The van der Waals surface area contributed by atoms with Crippen LogP contribution in [-0.2, 0) is 0 Å². The molecule has 0 aliphatic heterocycles. The molecule has 20 heavy (non-hydrogen) atoms. The zero-order chi connectivity index (χ0) is 15.5. The number of halogens is 2. The van der Waals surface area contributed by atoms with Crippen LogP contribution in [0.25, 0.3) is 0 Å². The van der Waals surface area contributed by atoms with Crippen molar-refractivity contribution >= 4 is 29.2 Å². The molecule has 1 atom stereocenters. The summed E-state index contributed by atoms with van der Waals surface area (Å²) in [6, 6.07) is 4.63. The second-order valence-electron chi connectivity index (χ2n) is 5.51. The number of hydrogen-bond donors (Lipinski definition) is 2. The van der Waals surface area contributed by atoms with Gasteiger partial charge in [0.15, 0.2) is 0 Å². The molecule has 0 aliphatic rings. The van der Waals surface area contributed by atoms with E-state index in [4.69, 9.17) is 23.2 Å². The topological polar surface area (TPSA) is 52.6 Å². The molecule has 0 saturated heterocycles. The van der Waals surface area contributed by atoms with Gasteiger partial charge in [-0.1, -0.05) is 29.3 Å². The van der Waals surface area contributed by atoms with E-state index in [0.717, 1.165) is 5.56 Å². The standard InChI is InChI=1S/C14H20Cl2N2O2/c1-9(11-6-5-10(15)7-12(11)16)17-13(19)18(4)8-14(2,3)20/h5-7,9,20H,8H2,1-4H3,(H,17,19). The molecule has 6 heteroatoms. The van der Waals surface area contributed by atoms with Gasteiger partial charge in [0, 0.05) is 17.1 Å². The highest BCUT2D eigenvalue weighted by molar-refractivity contribution is 6.35. The van der Waals surface area contributed by atoms with Crippen molar-refractivity contribution in [3.05, 3.63) is 33.8 Å². The van der Waals surface area contributed by atoms with Gasteiger partial charge in [-0.2, -0.15) is 0 Å². The number of carbonyl (C=O) groups is 1. The predicted molar refractivity (Wildman–Crippen MR) is 82.3 cm³/mol. The molecule has 0 aromatic heterocycles. The van der Waals surface area contributed by atoms with Crippen LogP contribution in [0.1, 0.15) is 32.4 Å². The Morgan fingerprint density at radius 3 is 2.55 bits per heavy atom. The SMILES string of the molecule is CC(NC(=O)N(C)CC(C)(C)O)c1ccc(Cl)cc1Cl. The van der Waals surface area contributed by atoms with Crippen molar-refractivity contribution in [1.29, 1.82) is 0 Å². The highest BCUT2D eigenvalue weighted by Gasteiger charge is 2.21. The highest BCUT2D eigenvalue weighted by Crippen LogP contribution is 2.26. The molecule has 2 amide bonds. The van der Waals surface area contributed by atoms with E-state index in [0.29, 0.717) is 10.0 Å². The van der Waals surface area contributed by atoms with Gasteiger partial charge < -0.3 is 15.3 Å². The molecular weight excluding hydrogens is 299 g/mol. The maximum Gasteiger partial charge on any atom is 0.317 e.